The maximum atomic E-state index is 5.08. The van der Waals surface area contributed by atoms with E-state index in [0.717, 1.165) is 27.6 Å². The second-order valence-electron chi connectivity index (χ2n) is 17.5. The molecule has 0 saturated heterocycles. The van der Waals surface area contributed by atoms with Gasteiger partial charge in [0.15, 0.2) is 0 Å². The van der Waals surface area contributed by atoms with Crippen molar-refractivity contribution in [3.8, 4) is 44.5 Å². The molecule has 0 radical (unpaired) electrons. The van der Waals surface area contributed by atoms with Crippen molar-refractivity contribution in [3.05, 3.63) is 236 Å². The van der Waals surface area contributed by atoms with Gasteiger partial charge in [0.05, 0.1) is 16.6 Å². The van der Waals surface area contributed by atoms with Crippen LogP contribution in [0.25, 0.3) is 132 Å². The Balaban J connectivity index is 0.953. The first-order valence-electron chi connectivity index (χ1n) is 22.8. The third-order valence-corrected chi connectivity index (χ3v) is 13.6. The van der Waals surface area contributed by atoms with Crippen molar-refractivity contribution in [2.24, 2.45) is 0 Å². The normalized spacial score (nSPS) is 12.2. The molecule has 2 aromatic heterocycles. The molecule has 13 rings (SSSR count). The van der Waals surface area contributed by atoms with E-state index in [4.69, 9.17) is 4.98 Å². The van der Waals surface area contributed by atoms with Gasteiger partial charge in [-0.2, -0.15) is 0 Å². The maximum Gasteiger partial charge on any atom is 0.146 e. The minimum Gasteiger partial charge on any atom is -0.292 e. The molecule has 11 aromatic carbocycles. The van der Waals surface area contributed by atoms with E-state index in [1.54, 1.807) is 0 Å². The Labute approximate surface area is 382 Å². The molecule has 0 bridgehead atoms. The van der Waals surface area contributed by atoms with Gasteiger partial charge in [0.2, 0.25) is 0 Å². The summed E-state index contributed by atoms with van der Waals surface area (Å²) < 4.78 is 2.32. The molecule has 0 N–H and O–H groups in total. The molecule has 2 nitrogen and oxygen atoms in total. The molecular formula is C64H42N2. The van der Waals surface area contributed by atoms with Crippen LogP contribution in [0.3, 0.4) is 0 Å². The lowest BCUT2D eigenvalue weighted by Gasteiger charge is -2.18. The number of rotatable bonds is 6. The van der Waals surface area contributed by atoms with Crippen LogP contribution in [0.5, 0.6) is 0 Å². The number of para-hydroxylation sites is 2. The monoisotopic (exact) mass is 838 g/mol. The Kier molecular flexibility index (Phi) is 8.79. The van der Waals surface area contributed by atoms with E-state index in [1.807, 2.05) is 0 Å². The number of fused-ring (bicyclic) bond motifs is 12. The molecule has 0 aliphatic rings. The Morgan fingerprint density at radius 3 is 1.64 bits per heavy atom. The van der Waals surface area contributed by atoms with Gasteiger partial charge in [-0.1, -0.05) is 176 Å². The molecule has 0 aliphatic heterocycles. The van der Waals surface area contributed by atoms with E-state index < -0.39 is 0 Å². The highest BCUT2D eigenvalue weighted by Crippen LogP contribution is 2.43. The zero-order valence-electron chi connectivity index (χ0n) is 36.4. The average Bonchev–Trinajstić information content (AvgIpc) is 3.78. The predicted octanol–water partition coefficient (Wildman–Crippen LogP) is 17.7. The van der Waals surface area contributed by atoms with Gasteiger partial charge in [0.1, 0.15) is 5.65 Å². The summed E-state index contributed by atoms with van der Waals surface area (Å²) in [5.41, 5.74) is 15.1. The van der Waals surface area contributed by atoms with E-state index >= 15 is 0 Å². The topological polar surface area (TPSA) is 17.3 Å². The zero-order chi connectivity index (χ0) is 43.7. The Morgan fingerprint density at radius 1 is 0.364 bits per heavy atom. The van der Waals surface area contributed by atoms with Gasteiger partial charge in [-0.3, -0.25) is 4.40 Å². The molecular weight excluding hydrogens is 797 g/mol. The summed E-state index contributed by atoms with van der Waals surface area (Å²) in [7, 11) is 0. The van der Waals surface area contributed by atoms with Crippen molar-refractivity contribution >= 4 is 87.5 Å². The van der Waals surface area contributed by atoms with E-state index in [1.165, 1.54) is 104 Å². The van der Waals surface area contributed by atoms with Crippen LogP contribution in [-0.2, 0) is 0 Å². The third kappa shape index (κ3) is 6.22. The molecule has 0 saturated carbocycles. The molecule has 2 heteroatoms. The van der Waals surface area contributed by atoms with Crippen molar-refractivity contribution in [2.45, 2.75) is 6.92 Å². The minimum absolute atomic E-state index is 0.997. The van der Waals surface area contributed by atoms with Gasteiger partial charge < -0.3 is 0 Å². The number of allylic oxidation sites excluding steroid dienone is 3. The lowest BCUT2D eigenvalue weighted by atomic mass is 9.85. The largest absolute Gasteiger partial charge is 0.292 e. The van der Waals surface area contributed by atoms with Crippen LogP contribution in [0, 0.1) is 0 Å². The van der Waals surface area contributed by atoms with Gasteiger partial charge in [-0.25, -0.2) is 4.98 Å². The summed E-state index contributed by atoms with van der Waals surface area (Å²) >= 11 is 0. The number of nitrogens with zero attached hydrogens (tertiary/aromatic N) is 2. The zero-order valence-corrected chi connectivity index (χ0v) is 36.4. The maximum absolute atomic E-state index is 5.08. The van der Waals surface area contributed by atoms with Gasteiger partial charge in [0.25, 0.3) is 0 Å². The van der Waals surface area contributed by atoms with Crippen LogP contribution in [0.2, 0.25) is 0 Å². The first-order valence-corrected chi connectivity index (χ1v) is 22.8. The Hall–Kier alpha value is -8.59. The number of hydrogen-bond acceptors (Lipinski definition) is 1. The van der Waals surface area contributed by atoms with Crippen molar-refractivity contribution in [3.63, 3.8) is 0 Å². The first-order chi connectivity index (χ1) is 32.6. The van der Waals surface area contributed by atoms with E-state index in [2.05, 4.69) is 248 Å². The molecule has 66 heavy (non-hydrogen) atoms. The van der Waals surface area contributed by atoms with Crippen molar-refractivity contribution in [2.75, 3.05) is 0 Å². The van der Waals surface area contributed by atoms with Crippen LogP contribution < -0.4 is 0 Å². The van der Waals surface area contributed by atoms with Gasteiger partial charge in [-0.05, 0) is 166 Å². The highest BCUT2D eigenvalue weighted by molar-refractivity contribution is 6.15. The fourth-order valence-electron chi connectivity index (χ4n) is 10.4. The molecule has 308 valence electrons. The van der Waals surface area contributed by atoms with Crippen LogP contribution >= 0.6 is 0 Å². The standard InChI is InChI=1S/C64H42N2/c1-2-3-4-17-52-40-57(51-28-22-41-13-5-7-15-43(41)36-51)58-38-49(30-32-55(58)63(52)53-29-23-42-14-6-8-16-44(42)37-53)47-26-24-46-35-48(27-25-45(46)34-47)50-31-33-61-59(39-50)54-18-9-10-19-56(54)64-65-60-20-11-12-21-62(60)66(61)64/h2-40H,1H3/b3-2-,17-4-. The highest BCUT2D eigenvalue weighted by atomic mass is 15.0. The van der Waals surface area contributed by atoms with E-state index in [-0.39, 0.29) is 0 Å². The number of aromatic nitrogens is 2. The number of hydrogen-bond donors (Lipinski definition) is 0. The molecule has 0 unspecified atom stereocenters. The summed E-state index contributed by atoms with van der Waals surface area (Å²) in [4.78, 5) is 5.08. The number of benzene rings is 11. The smallest absolute Gasteiger partial charge is 0.146 e. The lowest BCUT2D eigenvalue weighted by molar-refractivity contribution is 1.31. The fraction of sp³-hybridized carbons (Fsp3) is 0.0156. The average molecular weight is 839 g/mol. The first kappa shape index (κ1) is 37.9. The lowest BCUT2D eigenvalue weighted by Crippen LogP contribution is -1.93. The molecule has 0 spiro atoms. The van der Waals surface area contributed by atoms with Gasteiger partial charge in [-0.15, -0.1) is 0 Å². The molecule has 2 heterocycles. The van der Waals surface area contributed by atoms with Crippen molar-refractivity contribution in [1.29, 1.82) is 0 Å². The minimum atomic E-state index is 0.997. The van der Waals surface area contributed by atoms with E-state index in [0.29, 0.717) is 0 Å². The molecule has 13 aromatic rings. The third-order valence-electron chi connectivity index (χ3n) is 13.6. The summed E-state index contributed by atoms with van der Waals surface area (Å²) in [6.07, 6.45) is 8.62. The molecule has 0 aliphatic carbocycles. The van der Waals surface area contributed by atoms with Gasteiger partial charge >= 0.3 is 0 Å². The van der Waals surface area contributed by atoms with E-state index in [9.17, 15) is 0 Å². The Bertz CT molecular complexity index is 4180. The number of pyridine rings is 1. The van der Waals surface area contributed by atoms with Crippen LogP contribution in [0.4, 0.5) is 0 Å². The summed E-state index contributed by atoms with van der Waals surface area (Å²) in [6.45, 7) is 2.06. The number of imidazole rings is 1. The van der Waals surface area contributed by atoms with Crippen molar-refractivity contribution in [1.82, 2.24) is 9.38 Å². The van der Waals surface area contributed by atoms with Crippen LogP contribution in [0.15, 0.2) is 231 Å². The highest BCUT2D eigenvalue weighted by Gasteiger charge is 2.18. The summed E-state index contributed by atoms with van der Waals surface area (Å²) in [5.74, 6) is 0. The molecule has 0 atom stereocenters. The summed E-state index contributed by atoms with van der Waals surface area (Å²) in [6, 6.07) is 78.3. The van der Waals surface area contributed by atoms with Crippen molar-refractivity contribution < 1.29 is 0 Å². The second kappa shape index (κ2) is 15.3. The Morgan fingerprint density at radius 2 is 0.894 bits per heavy atom. The van der Waals surface area contributed by atoms with Crippen LogP contribution in [-0.4, -0.2) is 9.38 Å². The molecule has 0 fully saturated rings. The summed E-state index contributed by atoms with van der Waals surface area (Å²) in [5, 5.41) is 13.4. The predicted molar refractivity (Wildman–Crippen MR) is 283 cm³/mol. The van der Waals surface area contributed by atoms with Gasteiger partial charge in [0, 0.05) is 10.8 Å². The quantitative estimate of drug-likeness (QED) is 0.120. The molecule has 0 amide bonds. The second-order valence-corrected chi connectivity index (χ2v) is 17.5. The SMILES string of the molecule is C/C=C\C=C/c1cc(-c2ccc3ccccc3c2)c2cc(-c3ccc4cc(-c5ccc6c(c5)c5ccccc5c5nc7ccccc7n65)ccc4c3)ccc2c1-c1ccc2ccccc2c1. The fourth-order valence-corrected chi connectivity index (χ4v) is 10.4. The van der Waals surface area contributed by atoms with Crippen LogP contribution in [0.1, 0.15) is 12.5 Å².